The quantitative estimate of drug-likeness (QED) is 0.741. The first kappa shape index (κ1) is 14.8. The molecule has 1 atom stereocenters. The Labute approximate surface area is 141 Å². The summed E-state index contributed by atoms with van der Waals surface area (Å²) in [6.07, 6.45) is 2.45. The predicted molar refractivity (Wildman–Crippen MR) is 95.0 cm³/mol. The molecule has 1 aliphatic rings. The molecule has 0 N–H and O–H groups in total. The molecular formula is C20H20N2O2. The van der Waals surface area contributed by atoms with Gasteiger partial charge in [-0.25, -0.2) is 0 Å². The van der Waals surface area contributed by atoms with Gasteiger partial charge in [-0.3, -0.25) is 4.79 Å². The lowest BCUT2D eigenvalue weighted by Gasteiger charge is -2.13. The number of rotatable bonds is 3. The fourth-order valence-corrected chi connectivity index (χ4v) is 3.28. The first-order chi connectivity index (χ1) is 11.6. The van der Waals surface area contributed by atoms with Crippen molar-refractivity contribution in [3.05, 3.63) is 54.7 Å². The summed E-state index contributed by atoms with van der Waals surface area (Å²) in [4.78, 5) is 13.7. The van der Waals surface area contributed by atoms with Crippen molar-refractivity contribution in [2.75, 3.05) is 13.6 Å². The molecule has 2 heterocycles. The largest absolute Gasteiger partial charge is 0.481 e. The van der Waals surface area contributed by atoms with Crippen molar-refractivity contribution >= 4 is 16.7 Å². The van der Waals surface area contributed by atoms with Crippen molar-refractivity contribution < 1.29 is 9.53 Å². The number of amides is 1. The number of aromatic nitrogens is 1. The van der Waals surface area contributed by atoms with Crippen LogP contribution in [-0.4, -0.2) is 35.1 Å². The number of hydrogen-bond donors (Lipinski definition) is 0. The number of carbonyl (C=O) groups is 1. The number of hydrogen-bond acceptors (Lipinski definition) is 2. The van der Waals surface area contributed by atoms with Gasteiger partial charge in [0.2, 0.25) is 0 Å². The van der Waals surface area contributed by atoms with Gasteiger partial charge in [0.05, 0.1) is 0 Å². The van der Waals surface area contributed by atoms with Gasteiger partial charge in [-0.2, -0.15) is 0 Å². The van der Waals surface area contributed by atoms with Gasteiger partial charge >= 0.3 is 0 Å². The highest BCUT2D eigenvalue weighted by Gasteiger charge is 2.30. The summed E-state index contributed by atoms with van der Waals surface area (Å²) in [6.45, 7) is 0.761. The molecule has 0 aliphatic carbocycles. The zero-order valence-electron chi connectivity index (χ0n) is 13.9. The summed E-state index contributed by atoms with van der Waals surface area (Å²) >= 11 is 0. The van der Waals surface area contributed by atoms with E-state index in [-0.39, 0.29) is 12.0 Å². The molecule has 0 radical (unpaired) electrons. The van der Waals surface area contributed by atoms with Gasteiger partial charge in [0.25, 0.3) is 5.91 Å². The summed E-state index contributed by atoms with van der Waals surface area (Å²) in [7, 11) is 3.86. The summed E-state index contributed by atoms with van der Waals surface area (Å²) < 4.78 is 8.00. The van der Waals surface area contributed by atoms with Crippen LogP contribution in [0.25, 0.3) is 22.0 Å². The molecule has 24 heavy (non-hydrogen) atoms. The van der Waals surface area contributed by atoms with Crippen molar-refractivity contribution in [2.24, 2.45) is 7.05 Å². The molecule has 0 spiro atoms. The Morgan fingerprint density at radius 1 is 1.04 bits per heavy atom. The van der Waals surface area contributed by atoms with Crippen LogP contribution in [0.2, 0.25) is 0 Å². The molecule has 1 saturated heterocycles. The molecule has 0 bridgehead atoms. The number of likely N-dealkylation sites (N-methyl/N-ethyl adjacent to an activating group) is 1. The van der Waals surface area contributed by atoms with Gasteiger partial charge in [0.15, 0.2) is 6.10 Å². The van der Waals surface area contributed by atoms with Crippen molar-refractivity contribution in [2.45, 2.75) is 12.5 Å². The van der Waals surface area contributed by atoms with E-state index in [1.165, 1.54) is 11.3 Å². The zero-order chi connectivity index (χ0) is 16.7. The van der Waals surface area contributed by atoms with E-state index in [2.05, 4.69) is 34.9 Å². The van der Waals surface area contributed by atoms with Gasteiger partial charge in [-0.15, -0.1) is 0 Å². The van der Waals surface area contributed by atoms with Crippen molar-refractivity contribution in [3.63, 3.8) is 0 Å². The Bertz CT molecular complexity index is 913. The van der Waals surface area contributed by atoms with Crippen LogP contribution in [0.5, 0.6) is 5.75 Å². The fourth-order valence-electron chi connectivity index (χ4n) is 3.28. The lowest BCUT2D eigenvalue weighted by atomic mass is 10.0. The van der Waals surface area contributed by atoms with Gasteiger partial charge in [0, 0.05) is 39.0 Å². The van der Waals surface area contributed by atoms with Crippen molar-refractivity contribution in [1.29, 1.82) is 0 Å². The normalized spacial score (nSPS) is 17.7. The minimum Gasteiger partial charge on any atom is -0.481 e. The van der Waals surface area contributed by atoms with Gasteiger partial charge in [-0.1, -0.05) is 18.2 Å². The highest BCUT2D eigenvalue weighted by Crippen LogP contribution is 2.28. The molecule has 1 amide bonds. The van der Waals surface area contributed by atoms with E-state index in [4.69, 9.17) is 4.74 Å². The molecule has 4 nitrogen and oxygen atoms in total. The molecule has 1 unspecified atom stereocenters. The van der Waals surface area contributed by atoms with E-state index in [0.717, 1.165) is 29.5 Å². The molecule has 4 rings (SSSR count). The van der Waals surface area contributed by atoms with Crippen LogP contribution in [0.1, 0.15) is 6.42 Å². The lowest BCUT2D eigenvalue weighted by Crippen LogP contribution is -2.29. The summed E-state index contributed by atoms with van der Waals surface area (Å²) in [6, 6.07) is 16.6. The number of aryl methyl sites for hydroxylation is 1. The maximum Gasteiger partial charge on any atom is 0.263 e. The number of ether oxygens (including phenoxy) is 1. The van der Waals surface area contributed by atoms with E-state index in [1.807, 2.05) is 38.5 Å². The van der Waals surface area contributed by atoms with Crippen LogP contribution in [0, 0.1) is 0 Å². The van der Waals surface area contributed by atoms with Crippen LogP contribution >= 0.6 is 0 Å². The lowest BCUT2D eigenvalue weighted by molar-refractivity contribution is -0.132. The molecule has 1 fully saturated rings. The molecule has 122 valence electrons. The SMILES string of the molecule is CN1CCC(Oc2ccc3cc(-c4cccn4C)ccc3c2)C1=O. The maximum absolute atomic E-state index is 12.0. The first-order valence-corrected chi connectivity index (χ1v) is 8.19. The number of nitrogens with zero attached hydrogens (tertiary/aromatic N) is 2. The minimum atomic E-state index is -0.352. The molecule has 2 aromatic carbocycles. The van der Waals surface area contributed by atoms with E-state index in [9.17, 15) is 4.79 Å². The van der Waals surface area contributed by atoms with E-state index < -0.39 is 0 Å². The average Bonchev–Trinajstić information content (AvgIpc) is 3.15. The predicted octanol–water partition coefficient (Wildman–Crippen LogP) is 3.45. The number of likely N-dealkylation sites (tertiary alicyclic amines) is 1. The van der Waals surface area contributed by atoms with Gasteiger partial charge < -0.3 is 14.2 Å². The summed E-state index contributed by atoms with van der Waals surface area (Å²) in [5, 5.41) is 2.28. The Morgan fingerprint density at radius 3 is 2.54 bits per heavy atom. The molecule has 4 heteroatoms. The van der Waals surface area contributed by atoms with E-state index in [0.29, 0.717) is 0 Å². The monoisotopic (exact) mass is 320 g/mol. The second kappa shape index (κ2) is 5.71. The average molecular weight is 320 g/mol. The number of benzene rings is 2. The third-order valence-corrected chi connectivity index (χ3v) is 4.71. The Hall–Kier alpha value is -2.75. The first-order valence-electron chi connectivity index (χ1n) is 8.19. The van der Waals surface area contributed by atoms with E-state index in [1.54, 1.807) is 4.90 Å². The van der Waals surface area contributed by atoms with Crippen LogP contribution < -0.4 is 4.74 Å². The van der Waals surface area contributed by atoms with Crippen LogP contribution in [0.3, 0.4) is 0 Å². The smallest absolute Gasteiger partial charge is 0.263 e. The van der Waals surface area contributed by atoms with Crippen molar-refractivity contribution in [3.8, 4) is 17.0 Å². The van der Waals surface area contributed by atoms with Crippen LogP contribution in [0.4, 0.5) is 0 Å². The molecule has 1 aliphatic heterocycles. The second-order valence-electron chi connectivity index (χ2n) is 6.38. The fraction of sp³-hybridized carbons (Fsp3) is 0.250. The zero-order valence-corrected chi connectivity index (χ0v) is 13.9. The third-order valence-electron chi connectivity index (χ3n) is 4.71. The van der Waals surface area contributed by atoms with Crippen molar-refractivity contribution in [1.82, 2.24) is 9.47 Å². The van der Waals surface area contributed by atoms with Gasteiger partial charge in [0.1, 0.15) is 5.75 Å². The topological polar surface area (TPSA) is 34.5 Å². The maximum atomic E-state index is 12.0. The molecular weight excluding hydrogens is 300 g/mol. The highest BCUT2D eigenvalue weighted by atomic mass is 16.5. The van der Waals surface area contributed by atoms with Crippen LogP contribution in [0.15, 0.2) is 54.7 Å². The Morgan fingerprint density at radius 2 is 1.83 bits per heavy atom. The third kappa shape index (κ3) is 2.54. The molecule has 3 aromatic rings. The minimum absolute atomic E-state index is 0.0640. The second-order valence-corrected chi connectivity index (χ2v) is 6.38. The summed E-state index contributed by atoms with van der Waals surface area (Å²) in [5.41, 5.74) is 2.38. The van der Waals surface area contributed by atoms with E-state index >= 15 is 0 Å². The number of carbonyl (C=O) groups excluding carboxylic acids is 1. The standard InChI is InChI=1S/C20H20N2O2/c1-21-10-3-4-18(21)16-6-5-15-13-17(8-7-14(15)12-16)24-19-9-11-22(2)20(19)23/h3-8,10,12-13,19H,9,11H2,1-2H3. The Balaban J connectivity index is 1.62. The molecule has 1 aromatic heterocycles. The number of fused-ring (bicyclic) bond motifs is 1. The highest BCUT2D eigenvalue weighted by molar-refractivity contribution is 5.88. The summed E-state index contributed by atoms with van der Waals surface area (Å²) in [5.74, 6) is 0.817. The Kier molecular flexibility index (Phi) is 3.53. The van der Waals surface area contributed by atoms with Gasteiger partial charge in [-0.05, 0) is 46.7 Å². The van der Waals surface area contributed by atoms with Crippen LogP contribution in [-0.2, 0) is 11.8 Å². The molecule has 0 saturated carbocycles.